The van der Waals surface area contributed by atoms with Gasteiger partial charge in [-0.1, -0.05) is 23.7 Å². The topological polar surface area (TPSA) is 59.2 Å². The first-order valence-corrected chi connectivity index (χ1v) is 5.74. The van der Waals surface area contributed by atoms with E-state index in [4.69, 9.17) is 17.3 Å². The molecule has 1 amide bonds. The summed E-state index contributed by atoms with van der Waals surface area (Å²) in [4.78, 5) is 17.4. The molecule has 0 unspecified atom stereocenters. The van der Waals surface area contributed by atoms with Crippen LogP contribution in [0.3, 0.4) is 0 Å². The SMILES string of the molecule is CC(=O)N(c1cc(N)ccn1)c1ccccc1Cl. The van der Waals surface area contributed by atoms with Crippen LogP contribution in [0.15, 0.2) is 42.6 Å². The van der Waals surface area contributed by atoms with Gasteiger partial charge in [-0.2, -0.15) is 0 Å². The monoisotopic (exact) mass is 261 g/mol. The summed E-state index contributed by atoms with van der Waals surface area (Å²) in [5.41, 5.74) is 6.83. The predicted molar refractivity (Wildman–Crippen MR) is 72.9 cm³/mol. The molecule has 0 aliphatic carbocycles. The number of para-hydroxylation sites is 1. The lowest BCUT2D eigenvalue weighted by Gasteiger charge is -2.21. The molecule has 18 heavy (non-hydrogen) atoms. The molecule has 1 heterocycles. The molecule has 0 bridgehead atoms. The Bertz CT molecular complexity index is 586. The number of rotatable bonds is 2. The van der Waals surface area contributed by atoms with Crippen LogP contribution < -0.4 is 10.6 Å². The average Bonchev–Trinajstić information content (AvgIpc) is 2.32. The van der Waals surface area contributed by atoms with Gasteiger partial charge < -0.3 is 5.73 Å². The molecular formula is C13H12ClN3O. The highest BCUT2D eigenvalue weighted by Gasteiger charge is 2.17. The molecule has 0 aliphatic rings. The van der Waals surface area contributed by atoms with E-state index in [-0.39, 0.29) is 5.91 Å². The predicted octanol–water partition coefficient (Wildman–Crippen LogP) is 3.00. The first-order chi connectivity index (χ1) is 8.59. The number of nitrogens with zero attached hydrogens (tertiary/aromatic N) is 2. The molecule has 0 radical (unpaired) electrons. The molecule has 5 heteroatoms. The maximum absolute atomic E-state index is 11.8. The number of benzene rings is 1. The Balaban J connectivity index is 2.54. The largest absolute Gasteiger partial charge is 0.399 e. The van der Waals surface area contributed by atoms with Crippen LogP contribution in [0.2, 0.25) is 5.02 Å². The summed E-state index contributed by atoms with van der Waals surface area (Å²) in [6, 6.07) is 10.4. The van der Waals surface area contributed by atoms with Crippen LogP contribution in [0.4, 0.5) is 17.2 Å². The van der Waals surface area contributed by atoms with Gasteiger partial charge in [0, 0.05) is 24.9 Å². The van der Waals surface area contributed by atoms with Crippen molar-refractivity contribution in [3.63, 3.8) is 0 Å². The van der Waals surface area contributed by atoms with E-state index >= 15 is 0 Å². The standard InChI is InChI=1S/C13H12ClN3O/c1-9(18)17(12-5-3-2-4-11(12)14)13-8-10(15)6-7-16-13/h2-8H,1H3,(H2,15,16). The van der Waals surface area contributed by atoms with Crippen LogP contribution in [-0.2, 0) is 4.79 Å². The fourth-order valence-corrected chi connectivity index (χ4v) is 1.86. The van der Waals surface area contributed by atoms with Crippen LogP contribution in [0.1, 0.15) is 6.92 Å². The van der Waals surface area contributed by atoms with Crippen molar-refractivity contribution in [1.29, 1.82) is 0 Å². The summed E-state index contributed by atoms with van der Waals surface area (Å²) in [6.07, 6.45) is 1.55. The summed E-state index contributed by atoms with van der Waals surface area (Å²) in [5, 5.41) is 0.483. The van der Waals surface area contributed by atoms with Gasteiger partial charge in [0.15, 0.2) is 0 Å². The highest BCUT2D eigenvalue weighted by atomic mass is 35.5. The third-order valence-corrected chi connectivity index (χ3v) is 2.73. The van der Waals surface area contributed by atoms with E-state index in [1.807, 2.05) is 6.07 Å². The van der Waals surface area contributed by atoms with Crippen molar-refractivity contribution in [2.24, 2.45) is 0 Å². The molecule has 0 aliphatic heterocycles. The van der Waals surface area contributed by atoms with E-state index in [1.54, 1.807) is 36.5 Å². The number of pyridine rings is 1. The zero-order chi connectivity index (χ0) is 13.1. The Hall–Kier alpha value is -2.07. The minimum Gasteiger partial charge on any atom is -0.399 e. The van der Waals surface area contributed by atoms with Crippen LogP contribution in [0, 0.1) is 0 Å². The van der Waals surface area contributed by atoms with Crippen molar-refractivity contribution in [2.45, 2.75) is 6.92 Å². The highest BCUT2D eigenvalue weighted by Crippen LogP contribution is 2.31. The number of halogens is 1. The lowest BCUT2D eigenvalue weighted by Crippen LogP contribution is -2.24. The van der Waals surface area contributed by atoms with E-state index in [2.05, 4.69) is 4.98 Å². The molecule has 2 N–H and O–H groups in total. The number of nitrogens with two attached hydrogens (primary N) is 1. The molecule has 0 saturated heterocycles. The maximum atomic E-state index is 11.8. The number of anilines is 3. The van der Waals surface area contributed by atoms with Gasteiger partial charge in [-0.15, -0.1) is 0 Å². The number of hydrogen-bond acceptors (Lipinski definition) is 3. The summed E-state index contributed by atoms with van der Waals surface area (Å²) >= 11 is 6.10. The van der Waals surface area contributed by atoms with Crippen molar-refractivity contribution < 1.29 is 4.79 Å². The Morgan fingerprint density at radius 3 is 2.67 bits per heavy atom. The Morgan fingerprint density at radius 1 is 1.33 bits per heavy atom. The van der Waals surface area contributed by atoms with Crippen LogP contribution in [0.5, 0.6) is 0 Å². The molecule has 1 aromatic carbocycles. The second-order valence-electron chi connectivity index (χ2n) is 3.75. The van der Waals surface area contributed by atoms with Crippen molar-refractivity contribution in [3.8, 4) is 0 Å². The summed E-state index contributed by atoms with van der Waals surface area (Å²) in [5.74, 6) is 0.275. The third-order valence-electron chi connectivity index (χ3n) is 2.41. The highest BCUT2D eigenvalue weighted by molar-refractivity contribution is 6.34. The molecule has 2 rings (SSSR count). The molecule has 92 valence electrons. The van der Waals surface area contributed by atoms with Crippen molar-refractivity contribution in [1.82, 2.24) is 4.98 Å². The molecule has 0 atom stereocenters. The summed E-state index contributed by atoms with van der Waals surface area (Å²) in [7, 11) is 0. The number of aromatic nitrogens is 1. The first kappa shape index (κ1) is 12.4. The first-order valence-electron chi connectivity index (χ1n) is 5.36. The number of nitrogen functional groups attached to an aromatic ring is 1. The van der Waals surface area contributed by atoms with Gasteiger partial charge in [-0.3, -0.25) is 9.69 Å². The van der Waals surface area contributed by atoms with Gasteiger partial charge in [-0.25, -0.2) is 4.98 Å². The second kappa shape index (κ2) is 5.06. The van der Waals surface area contributed by atoms with E-state index in [1.165, 1.54) is 11.8 Å². The molecule has 0 fully saturated rings. The number of carbonyl (C=O) groups excluding carboxylic acids is 1. The normalized spacial score (nSPS) is 10.1. The smallest absolute Gasteiger partial charge is 0.229 e. The Kier molecular flexibility index (Phi) is 3.48. The van der Waals surface area contributed by atoms with Crippen molar-refractivity contribution in [2.75, 3.05) is 10.6 Å². The summed E-state index contributed by atoms with van der Waals surface area (Å²) < 4.78 is 0. The van der Waals surface area contributed by atoms with Crippen molar-refractivity contribution in [3.05, 3.63) is 47.6 Å². The Labute approximate surface area is 110 Å². The molecule has 0 spiro atoms. The molecular weight excluding hydrogens is 250 g/mol. The van der Waals surface area contributed by atoms with Crippen LogP contribution in [-0.4, -0.2) is 10.9 Å². The molecule has 2 aromatic rings. The number of amides is 1. The van der Waals surface area contributed by atoms with Gasteiger partial charge in [0.2, 0.25) is 5.91 Å². The molecule has 0 saturated carbocycles. The van der Waals surface area contributed by atoms with Gasteiger partial charge in [-0.05, 0) is 18.2 Å². The van der Waals surface area contributed by atoms with Gasteiger partial charge in [0.25, 0.3) is 0 Å². The molecule has 1 aromatic heterocycles. The minimum atomic E-state index is -0.179. The molecule has 4 nitrogen and oxygen atoms in total. The number of carbonyl (C=O) groups is 1. The van der Waals surface area contributed by atoms with Gasteiger partial charge in [0.1, 0.15) is 5.82 Å². The lowest BCUT2D eigenvalue weighted by atomic mass is 10.2. The van der Waals surface area contributed by atoms with Crippen LogP contribution >= 0.6 is 11.6 Å². The van der Waals surface area contributed by atoms with Crippen molar-refractivity contribution >= 4 is 34.7 Å². The third kappa shape index (κ3) is 2.43. The maximum Gasteiger partial charge on any atom is 0.229 e. The van der Waals surface area contributed by atoms with E-state index in [9.17, 15) is 4.79 Å². The average molecular weight is 262 g/mol. The zero-order valence-corrected chi connectivity index (χ0v) is 10.6. The fraction of sp³-hybridized carbons (Fsp3) is 0.0769. The van der Waals surface area contributed by atoms with E-state index in [0.717, 1.165) is 0 Å². The quantitative estimate of drug-likeness (QED) is 0.904. The van der Waals surface area contributed by atoms with E-state index in [0.29, 0.717) is 22.2 Å². The number of hydrogen-bond donors (Lipinski definition) is 1. The second-order valence-corrected chi connectivity index (χ2v) is 4.16. The van der Waals surface area contributed by atoms with Gasteiger partial charge in [0.05, 0.1) is 10.7 Å². The Morgan fingerprint density at radius 2 is 2.06 bits per heavy atom. The zero-order valence-electron chi connectivity index (χ0n) is 9.80. The van der Waals surface area contributed by atoms with Crippen LogP contribution in [0.25, 0.3) is 0 Å². The minimum absolute atomic E-state index is 0.179. The summed E-state index contributed by atoms with van der Waals surface area (Å²) in [6.45, 7) is 1.45. The fourth-order valence-electron chi connectivity index (χ4n) is 1.64. The van der Waals surface area contributed by atoms with E-state index < -0.39 is 0 Å². The lowest BCUT2D eigenvalue weighted by molar-refractivity contribution is -0.115. The van der Waals surface area contributed by atoms with Gasteiger partial charge >= 0.3 is 0 Å².